The molecule has 0 saturated carbocycles. The van der Waals surface area contributed by atoms with Gasteiger partial charge in [0, 0.05) is 6.54 Å². The molecule has 1 saturated heterocycles. The number of aromatic carboxylic acids is 1. The van der Waals surface area contributed by atoms with Crippen LogP contribution in [0.3, 0.4) is 0 Å². The van der Waals surface area contributed by atoms with Crippen molar-refractivity contribution >= 4 is 12.1 Å². The third-order valence-corrected chi connectivity index (χ3v) is 3.86. The van der Waals surface area contributed by atoms with E-state index in [1.165, 1.54) is 15.9 Å². The quantitative estimate of drug-likeness (QED) is 0.855. The Labute approximate surface area is 148 Å². The SMILES string of the molecule is CC(C)(C)OC(=O)N1CCCC1c1c(C(=O)O)nnn1Cc1ncno1. The monoisotopic (exact) mass is 364 g/mol. The fraction of sp³-hybridized carbons (Fsp3) is 0.600. The Morgan fingerprint density at radius 2 is 2.19 bits per heavy atom. The number of aromatic nitrogens is 5. The molecule has 1 amide bonds. The van der Waals surface area contributed by atoms with Crippen LogP contribution in [0.2, 0.25) is 0 Å². The van der Waals surface area contributed by atoms with Gasteiger partial charge in [0.05, 0.1) is 11.7 Å². The zero-order chi connectivity index (χ0) is 18.9. The Balaban J connectivity index is 1.94. The van der Waals surface area contributed by atoms with E-state index in [9.17, 15) is 14.7 Å². The maximum Gasteiger partial charge on any atom is 0.410 e. The van der Waals surface area contributed by atoms with E-state index < -0.39 is 23.7 Å². The summed E-state index contributed by atoms with van der Waals surface area (Å²) in [6.07, 6.45) is 2.04. The molecule has 2 aromatic heterocycles. The molecule has 1 aliphatic heterocycles. The largest absolute Gasteiger partial charge is 0.476 e. The highest BCUT2D eigenvalue weighted by Crippen LogP contribution is 2.34. The molecule has 1 fully saturated rings. The van der Waals surface area contributed by atoms with E-state index in [2.05, 4.69) is 20.5 Å². The Hall–Kier alpha value is -2.98. The van der Waals surface area contributed by atoms with Crippen molar-refractivity contribution in [1.82, 2.24) is 30.0 Å². The van der Waals surface area contributed by atoms with Gasteiger partial charge in [-0.1, -0.05) is 10.4 Å². The van der Waals surface area contributed by atoms with Gasteiger partial charge in [-0.3, -0.25) is 4.90 Å². The predicted octanol–water partition coefficient (Wildman–Crippen LogP) is 1.48. The van der Waals surface area contributed by atoms with Gasteiger partial charge in [0.1, 0.15) is 12.1 Å². The first-order valence-electron chi connectivity index (χ1n) is 8.18. The number of carboxylic acids is 1. The van der Waals surface area contributed by atoms with Crippen molar-refractivity contribution in [3.63, 3.8) is 0 Å². The second-order valence-electron chi connectivity index (χ2n) is 6.95. The second kappa shape index (κ2) is 6.73. The molecule has 3 heterocycles. The summed E-state index contributed by atoms with van der Waals surface area (Å²) in [5.41, 5.74) is -0.536. The Morgan fingerprint density at radius 1 is 1.42 bits per heavy atom. The molecule has 11 heteroatoms. The van der Waals surface area contributed by atoms with Crippen LogP contribution in [0.25, 0.3) is 0 Å². The number of ether oxygens (including phenoxy) is 1. The molecule has 1 aliphatic rings. The van der Waals surface area contributed by atoms with Crippen molar-refractivity contribution < 1.29 is 24.0 Å². The summed E-state index contributed by atoms with van der Waals surface area (Å²) in [5, 5.41) is 20.7. The molecule has 140 valence electrons. The molecule has 0 radical (unpaired) electrons. The van der Waals surface area contributed by atoms with Crippen LogP contribution in [0.4, 0.5) is 4.79 Å². The van der Waals surface area contributed by atoms with Gasteiger partial charge in [0.2, 0.25) is 5.89 Å². The standard InChI is InChI=1S/C15H20N6O5/c1-15(2,3)25-14(24)20-6-4-5-9(20)12-11(13(22)23)18-19-21(12)7-10-16-8-17-26-10/h8-9H,4-7H2,1-3H3,(H,22,23). The molecule has 0 spiro atoms. The van der Waals surface area contributed by atoms with Gasteiger partial charge in [-0.05, 0) is 33.6 Å². The van der Waals surface area contributed by atoms with Crippen LogP contribution in [0.5, 0.6) is 0 Å². The highest BCUT2D eigenvalue weighted by Gasteiger charge is 2.38. The number of carboxylic acid groups (broad SMARTS) is 1. The zero-order valence-electron chi connectivity index (χ0n) is 14.7. The summed E-state index contributed by atoms with van der Waals surface area (Å²) >= 11 is 0. The number of nitrogens with zero attached hydrogens (tertiary/aromatic N) is 6. The minimum Gasteiger partial charge on any atom is -0.476 e. The number of carbonyl (C=O) groups is 2. The second-order valence-corrected chi connectivity index (χ2v) is 6.95. The Bertz CT molecular complexity index is 794. The lowest BCUT2D eigenvalue weighted by Gasteiger charge is -2.28. The van der Waals surface area contributed by atoms with E-state index in [0.29, 0.717) is 25.1 Å². The van der Waals surface area contributed by atoms with Crippen LogP contribution in [-0.2, 0) is 11.3 Å². The van der Waals surface area contributed by atoms with E-state index in [4.69, 9.17) is 9.26 Å². The van der Waals surface area contributed by atoms with Crippen molar-refractivity contribution in [2.45, 2.75) is 51.8 Å². The zero-order valence-corrected chi connectivity index (χ0v) is 14.7. The van der Waals surface area contributed by atoms with E-state index in [1.807, 2.05) is 0 Å². The highest BCUT2D eigenvalue weighted by atomic mass is 16.6. The van der Waals surface area contributed by atoms with Crippen molar-refractivity contribution in [2.24, 2.45) is 0 Å². The average Bonchev–Trinajstić information content (AvgIpc) is 3.25. The van der Waals surface area contributed by atoms with E-state index in [1.54, 1.807) is 20.8 Å². The van der Waals surface area contributed by atoms with Crippen LogP contribution >= 0.6 is 0 Å². The van der Waals surface area contributed by atoms with Crippen molar-refractivity contribution in [1.29, 1.82) is 0 Å². The molecule has 2 aromatic rings. The number of likely N-dealkylation sites (tertiary alicyclic amines) is 1. The minimum atomic E-state index is -1.21. The third-order valence-electron chi connectivity index (χ3n) is 3.86. The van der Waals surface area contributed by atoms with Gasteiger partial charge in [-0.2, -0.15) is 4.98 Å². The fourth-order valence-electron chi connectivity index (χ4n) is 2.90. The summed E-state index contributed by atoms with van der Waals surface area (Å²) in [7, 11) is 0. The molecule has 1 unspecified atom stereocenters. The summed E-state index contributed by atoms with van der Waals surface area (Å²) in [6, 6.07) is -0.506. The Morgan fingerprint density at radius 3 is 2.81 bits per heavy atom. The average molecular weight is 364 g/mol. The van der Waals surface area contributed by atoms with Crippen LogP contribution in [0, 0.1) is 0 Å². The molecule has 1 atom stereocenters. The topological polar surface area (TPSA) is 136 Å². The highest BCUT2D eigenvalue weighted by molar-refractivity contribution is 5.87. The lowest BCUT2D eigenvalue weighted by Crippen LogP contribution is -2.37. The summed E-state index contributed by atoms with van der Waals surface area (Å²) < 4.78 is 11.8. The van der Waals surface area contributed by atoms with E-state index in [-0.39, 0.29) is 18.1 Å². The lowest BCUT2D eigenvalue weighted by molar-refractivity contribution is 0.0215. The number of rotatable bonds is 4. The van der Waals surface area contributed by atoms with Gasteiger partial charge in [0.25, 0.3) is 0 Å². The first-order valence-corrected chi connectivity index (χ1v) is 8.18. The van der Waals surface area contributed by atoms with Crippen LogP contribution in [-0.4, -0.2) is 59.3 Å². The van der Waals surface area contributed by atoms with Crippen molar-refractivity contribution in [3.8, 4) is 0 Å². The molecule has 26 heavy (non-hydrogen) atoms. The minimum absolute atomic E-state index is 0.0638. The van der Waals surface area contributed by atoms with Gasteiger partial charge in [-0.15, -0.1) is 5.10 Å². The molecule has 11 nitrogen and oxygen atoms in total. The van der Waals surface area contributed by atoms with Crippen LogP contribution in [0.1, 0.15) is 61.7 Å². The van der Waals surface area contributed by atoms with Gasteiger partial charge in [0.15, 0.2) is 12.0 Å². The fourth-order valence-corrected chi connectivity index (χ4v) is 2.90. The van der Waals surface area contributed by atoms with Gasteiger partial charge in [-0.25, -0.2) is 14.3 Å². The summed E-state index contributed by atoms with van der Waals surface area (Å²) in [4.78, 5) is 29.6. The van der Waals surface area contributed by atoms with Crippen LogP contribution in [0.15, 0.2) is 10.9 Å². The maximum absolute atomic E-state index is 12.5. The van der Waals surface area contributed by atoms with Crippen molar-refractivity contribution in [3.05, 3.63) is 23.6 Å². The first-order chi connectivity index (χ1) is 12.3. The number of carbonyl (C=O) groups excluding carboxylic acids is 1. The molecule has 0 aliphatic carbocycles. The first kappa shape index (κ1) is 17.8. The number of hydrogen-bond donors (Lipinski definition) is 1. The lowest BCUT2D eigenvalue weighted by atomic mass is 10.1. The molecular weight excluding hydrogens is 344 g/mol. The number of amides is 1. The van der Waals surface area contributed by atoms with Gasteiger partial charge >= 0.3 is 12.1 Å². The van der Waals surface area contributed by atoms with Gasteiger partial charge < -0.3 is 14.4 Å². The maximum atomic E-state index is 12.5. The van der Waals surface area contributed by atoms with E-state index in [0.717, 1.165) is 0 Å². The van der Waals surface area contributed by atoms with Crippen molar-refractivity contribution in [2.75, 3.05) is 6.54 Å². The molecule has 0 bridgehead atoms. The van der Waals surface area contributed by atoms with E-state index >= 15 is 0 Å². The molecule has 1 N–H and O–H groups in total. The molecular formula is C15H20N6O5. The van der Waals surface area contributed by atoms with Crippen LogP contribution < -0.4 is 0 Å². The summed E-state index contributed by atoms with van der Waals surface area (Å²) in [6.45, 7) is 5.86. The molecule has 3 rings (SSSR count). The smallest absolute Gasteiger partial charge is 0.410 e. The Kier molecular flexibility index (Phi) is 4.62. The molecule has 0 aromatic carbocycles. The number of hydrogen-bond acceptors (Lipinski definition) is 8. The normalized spacial score (nSPS) is 17.5. The predicted molar refractivity (Wildman–Crippen MR) is 85.3 cm³/mol. The third kappa shape index (κ3) is 3.65. The summed E-state index contributed by atoms with van der Waals surface area (Å²) in [5.74, 6) is -0.956.